The number of aryl methyl sites for hydroxylation is 1. The summed E-state index contributed by atoms with van der Waals surface area (Å²) in [5, 5.41) is 8.74. The third kappa shape index (κ3) is 3.04. The second-order valence-electron chi connectivity index (χ2n) is 3.78. The van der Waals surface area contributed by atoms with Crippen LogP contribution in [0.1, 0.15) is 23.5 Å². The van der Waals surface area contributed by atoms with E-state index in [1.54, 1.807) is 0 Å². The van der Waals surface area contributed by atoms with Gasteiger partial charge in [-0.3, -0.25) is 4.79 Å². The van der Waals surface area contributed by atoms with Crippen molar-refractivity contribution in [3.63, 3.8) is 0 Å². The van der Waals surface area contributed by atoms with Gasteiger partial charge in [0.05, 0.1) is 5.92 Å². The third-order valence-corrected chi connectivity index (χ3v) is 2.61. The molecule has 0 heterocycles. The number of carbonyl (C=O) groups excluding carboxylic acids is 2. The summed E-state index contributed by atoms with van der Waals surface area (Å²) in [6.45, 7) is 2.03. The molecule has 2 atom stereocenters. The highest BCUT2D eigenvalue weighted by Gasteiger charge is 2.43. The van der Waals surface area contributed by atoms with Crippen molar-refractivity contribution in [3.8, 4) is 0 Å². The van der Waals surface area contributed by atoms with Gasteiger partial charge in [0.1, 0.15) is 0 Å². The molecule has 1 fully saturated rings. The predicted molar refractivity (Wildman–Crippen MR) is 54.7 cm³/mol. The zero-order valence-electron chi connectivity index (χ0n) is 8.84. The molecule has 0 amide bonds. The molecule has 0 radical (unpaired) electrons. The molecule has 0 unspecified atom stereocenters. The standard InChI is InChI=1S/C11H12O2.CO2/c1-7-2-4-8(5-3-7)9-6-10(9)11(12)13;2-1-3/h2-5,9-10H,6H2,1H3,(H,12,13);/t9-,10+;/m1./s1. The minimum atomic E-state index is -0.662. The molecular formula is C12H12O4. The summed E-state index contributed by atoms with van der Waals surface area (Å²) in [5.41, 5.74) is 2.38. The minimum absolute atomic E-state index is 0.136. The maximum atomic E-state index is 10.6. The quantitative estimate of drug-likeness (QED) is 0.821. The van der Waals surface area contributed by atoms with Gasteiger partial charge in [-0.15, -0.1) is 0 Å². The van der Waals surface area contributed by atoms with E-state index in [1.165, 1.54) is 5.56 Å². The summed E-state index contributed by atoms with van der Waals surface area (Å²) in [4.78, 5) is 26.9. The number of carbonyl (C=O) groups is 1. The number of rotatable bonds is 2. The SMILES string of the molecule is Cc1ccc([C@H]2C[C@@H]2C(=O)O)cc1.O=C=O. The fraction of sp³-hybridized carbons (Fsp3) is 0.333. The van der Waals surface area contributed by atoms with E-state index in [0.29, 0.717) is 0 Å². The Hall–Kier alpha value is -1.93. The van der Waals surface area contributed by atoms with Gasteiger partial charge in [-0.2, -0.15) is 9.59 Å². The molecular weight excluding hydrogens is 208 g/mol. The lowest BCUT2D eigenvalue weighted by molar-refractivity contribution is -0.191. The number of aliphatic carboxylic acids is 1. The van der Waals surface area contributed by atoms with Crippen LogP contribution in [0.25, 0.3) is 0 Å². The maximum absolute atomic E-state index is 10.6. The van der Waals surface area contributed by atoms with Crippen molar-refractivity contribution in [2.75, 3.05) is 0 Å². The van der Waals surface area contributed by atoms with Crippen LogP contribution in [0.2, 0.25) is 0 Å². The molecule has 1 aliphatic carbocycles. The van der Waals surface area contributed by atoms with Gasteiger partial charge in [0.15, 0.2) is 0 Å². The molecule has 0 spiro atoms. The number of benzene rings is 1. The van der Waals surface area contributed by atoms with Gasteiger partial charge in [-0.1, -0.05) is 29.8 Å². The summed E-state index contributed by atoms with van der Waals surface area (Å²) in [6, 6.07) is 8.13. The summed E-state index contributed by atoms with van der Waals surface area (Å²) in [6.07, 6.45) is 1.05. The van der Waals surface area contributed by atoms with Gasteiger partial charge in [0, 0.05) is 0 Å². The lowest BCUT2D eigenvalue weighted by Crippen LogP contribution is -1.98. The van der Waals surface area contributed by atoms with Gasteiger partial charge in [-0.25, -0.2) is 0 Å². The Balaban J connectivity index is 0.000000386. The molecule has 0 bridgehead atoms. The fourth-order valence-corrected chi connectivity index (χ4v) is 1.65. The fourth-order valence-electron chi connectivity index (χ4n) is 1.65. The van der Waals surface area contributed by atoms with Crippen LogP contribution >= 0.6 is 0 Å². The second kappa shape index (κ2) is 5.24. The Morgan fingerprint density at radius 2 is 1.81 bits per heavy atom. The van der Waals surface area contributed by atoms with E-state index < -0.39 is 5.97 Å². The highest BCUT2D eigenvalue weighted by atomic mass is 16.4. The Bertz CT molecular complexity index is 402. The normalized spacial score (nSPS) is 21.3. The summed E-state index contributed by atoms with van der Waals surface area (Å²) >= 11 is 0. The van der Waals surface area contributed by atoms with E-state index in [9.17, 15) is 4.79 Å². The highest BCUT2D eigenvalue weighted by molar-refractivity contribution is 5.75. The Morgan fingerprint density at radius 3 is 2.19 bits per heavy atom. The van der Waals surface area contributed by atoms with Crippen molar-refractivity contribution in [2.24, 2.45) is 5.92 Å². The van der Waals surface area contributed by atoms with Crippen molar-refractivity contribution < 1.29 is 19.5 Å². The van der Waals surface area contributed by atoms with E-state index in [-0.39, 0.29) is 18.0 Å². The molecule has 84 valence electrons. The first kappa shape index (κ1) is 12.1. The van der Waals surface area contributed by atoms with Crippen molar-refractivity contribution in [2.45, 2.75) is 19.3 Å². The molecule has 0 aromatic heterocycles. The smallest absolute Gasteiger partial charge is 0.373 e. The van der Waals surface area contributed by atoms with Crippen molar-refractivity contribution in [1.29, 1.82) is 0 Å². The Labute approximate surface area is 92.9 Å². The number of carboxylic acid groups (broad SMARTS) is 1. The van der Waals surface area contributed by atoms with Crippen LogP contribution in [0.5, 0.6) is 0 Å². The number of hydrogen-bond donors (Lipinski definition) is 1. The van der Waals surface area contributed by atoms with Crippen molar-refractivity contribution in [1.82, 2.24) is 0 Å². The first-order valence-electron chi connectivity index (χ1n) is 4.88. The van der Waals surface area contributed by atoms with E-state index >= 15 is 0 Å². The molecule has 4 heteroatoms. The van der Waals surface area contributed by atoms with Crippen molar-refractivity contribution in [3.05, 3.63) is 35.4 Å². The van der Waals surface area contributed by atoms with Crippen LogP contribution in [-0.2, 0) is 14.4 Å². The monoisotopic (exact) mass is 220 g/mol. The first-order chi connectivity index (χ1) is 7.60. The Kier molecular flexibility index (Phi) is 3.97. The Morgan fingerprint density at radius 1 is 1.31 bits per heavy atom. The predicted octanol–water partition coefficient (Wildman–Crippen LogP) is 1.60. The molecule has 1 aromatic rings. The zero-order valence-corrected chi connectivity index (χ0v) is 8.84. The lowest BCUT2D eigenvalue weighted by atomic mass is 10.1. The van der Waals surface area contributed by atoms with Crippen LogP contribution in [0.4, 0.5) is 0 Å². The maximum Gasteiger partial charge on any atom is 0.373 e. The first-order valence-corrected chi connectivity index (χ1v) is 4.88. The average molecular weight is 220 g/mol. The lowest BCUT2D eigenvalue weighted by Gasteiger charge is -1.98. The summed E-state index contributed by atoms with van der Waals surface area (Å²) in [5.74, 6) is -0.536. The van der Waals surface area contributed by atoms with E-state index in [4.69, 9.17) is 14.7 Å². The van der Waals surface area contributed by atoms with Crippen LogP contribution in [0, 0.1) is 12.8 Å². The topological polar surface area (TPSA) is 71.4 Å². The highest BCUT2D eigenvalue weighted by Crippen LogP contribution is 2.47. The summed E-state index contributed by atoms with van der Waals surface area (Å²) in [7, 11) is 0. The van der Waals surface area contributed by atoms with Gasteiger partial charge in [0.2, 0.25) is 0 Å². The molecule has 0 aliphatic heterocycles. The van der Waals surface area contributed by atoms with Crippen LogP contribution in [0.15, 0.2) is 24.3 Å². The minimum Gasteiger partial charge on any atom is -0.481 e. The van der Waals surface area contributed by atoms with Crippen molar-refractivity contribution >= 4 is 12.1 Å². The van der Waals surface area contributed by atoms with E-state index in [2.05, 4.69) is 0 Å². The molecule has 1 aliphatic rings. The zero-order chi connectivity index (χ0) is 12.1. The number of hydrogen-bond acceptors (Lipinski definition) is 3. The van der Waals surface area contributed by atoms with E-state index in [0.717, 1.165) is 12.0 Å². The molecule has 2 rings (SSSR count). The summed E-state index contributed by atoms with van der Waals surface area (Å²) < 4.78 is 0. The van der Waals surface area contributed by atoms with Crippen LogP contribution in [-0.4, -0.2) is 17.2 Å². The average Bonchev–Trinajstić information content (AvgIpc) is 3.00. The molecule has 1 saturated carbocycles. The second-order valence-corrected chi connectivity index (χ2v) is 3.78. The number of carboxylic acids is 1. The van der Waals surface area contributed by atoms with Gasteiger partial charge in [-0.05, 0) is 24.8 Å². The molecule has 1 aromatic carbocycles. The van der Waals surface area contributed by atoms with Crippen LogP contribution in [0.3, 0.4) is 0 Å². The third-order valence-electron chi connectivity index (χ3n) is 2.61. The van der Waals surface area contributed by atoms with E-state index in [1.807, 2.05) is 31.2 Å². The largest absolute Gasteiger partial charge is 0.481 e. The molecule has 0 saturated heterocycles. The van der Waals surface area contributed by atoms with Gasteiger partial charge in [0.25, 0.3) is 0 Å². The van der Waals surface area contributed by atoms with Gasteiger partial charge >= 0.3 is 12.1 Å². The molecule has 16 heavy (non-hydrogen) atoms. The molecule has 4 nitrogen and oxygen atoms in total. The van der Waals surface area contributed by atoms with Gasteiger partial charge < -0.3 is 5.11 Å². The van der Waals surface area contributed by atoms with Crippen LogP contribution < -0.4 is 0 Å². The molecule has 1 N–H and O–H groups in total.